The number of hydrogen-bond acceptors (Lipinski definition) is 2. The van der Waals surface area contributed by atoms with Gasteiger partial charge >= 0.3 is 5.97 Å². The minimum Gasteiger partial charge on any atom is -0.481 e. The van der Waals surface area contributed by atoms with Gasteiger partial charge < -0.3 is 10.4 Å². The lowest BCUT2D eigenvalue weighted by Gasteiger charge is -2.11. The Balaban J connectivity index is 1.79. The highest BCUT2D eigenvalue weighted by atomic mass is 16.4. The predicted molar refractivity (Wildman–Crippen MR) is 72.5 cm³/mol. The Morgan fingerprint density at radius 2 is 1.63 bits per heavy atom. The summed E-state index contributed by atoms with van der Waals surface area (Å²) in [4.78, 5) is 22.9. The largest absolute Gasteiger partial charge is 0.481 e. The second-order valence-electron chi connectivity index (χ2n) is 7.29. The fraction of sp³-hybridized carbons (Fsp3) is 0.867. The van der Waals surface area contributed by atoms with Crippen molar-refractivity contribution in [3.63, 3.8) is 0 Å². The van der Waals surface area contributed by atoms with Gasteiger partial charge in [0.15, 0.2) is 0 Å². The molecule has 2 aliphatic carbocycles. The van der Waals surface area contributed by atoms with Crippen LogP contribution in [0.4, 0.5) is 0 Å². The molecule has 2 atom stereocenters. The maximum absolute atomic E-state index is 12.1. The molecular weight excluding hydrogens is 242 g/mol. The van der Waals surface area contributed by atoms with Crippen LogP contribution in [0.15, 0.2) is 0 Å². The lowest BCUT2D eigenvalue weighted by molar-refractivity contribution is -0.141. The molecule has 0 radical (unpaired) electrons. The van der Waals surface area contributed by atoms with Crippen LogP contribution in [0.3, 0.4) is 0 Å². The van der Waals surface area contributed by atoms with Gasteiger partial charge in [0.05, 0.1) is 5.92 Å². The number of rotatable bonds is 4. The number of carboxylic acid groups (broad SMARTS) is 1. The van der Waals surface area contributed by atoms with Gasteiger partial charge in [-0.2, -0.15) is 0 Å². The van der Waals surface area contributed by atoms with Crippen molar-refractivity contribution in [2.75, 3.05) is 6.54 Å². The Bertz CT molecular complexity index is 386. The van der Waals surface area contributed by atoms with E-state index in [4.69, 9.17) is 5.11 Å². The van der Waals surface area contributed by atoms with Gasteiger partial charge in [0.2, 0.25) is 5.91 Å². The lowest BCUT2D eigenvalue weighted by atomic mass is 10.0. The quantitative estimate of drug-likeness (QED) is 0.821. The summed E-state index contributed by atoms with van der Waals surface area (Å²) in [5.74, 6) is -0.640. The average molecular weight is 267 g/mol. The van der Waals surface area contributed by atoms with Gasteiger partial charge in [0.25, 0.3) is 0 Å². The first-order chi connectivity index (χ1) is 8.68. The average Bonchev–Trinajstić information content (AvgIpc) is 2.72. The molecule has 19 heavy (non-hydrogen) atoms. The molecule has 0 saturated heterocycles. The third-order valence-corrected chi connectivity index (χ3v) is 5.95. The number of amides is 1. The smallest absolute Gasteiger partial charge is 0.306 e. The van der Waals surface area contributed by atoms with Crippen LogP contribution in [0.2, 0.25) is 0 Å². The molecule has 0 aromatic carbocycles. The summed E-state index contributed by atoms with van der Waals surface area (Å²) >= 11 is 0. The number of aliphatic carboxylic acids is 1. The fourth-order valence-corrected chi connectivity index (χ4v) is 3.63. The van der Waals surface area contributed by atoms with Crippen molar-refractivity contribution in [1.82, 2.24) is 5.32 Å². The molecule has 2 N–H and O–H groups in total. The Labute approximate surface area is 115 Å². The maximum Gasteiger partial charge on any atom is 0.306 e. The molecule has 0 aromatic heterocycles. The number of carboxylic acids is 1. The Morgan fingerprint density at radius 1 is 1.11 bits per heavy atom. The third kappa shape index (κ3) is 2.37. The van der Waals surface area contributed by atoms with E-state index in [1.54, 1.807) is 0 Å². The van der Waals surface area contributed by atoms with Gasteiger partial charge in [0, 0.05) is 12.5 Å². The van der Waals surface area contributed by atoms with E-state index in [0.29, 0.717) is 31.7 Å². The summed E-state index contributed by atoms with van der Waals surface area (Å²) in [6, 6.07) is 0. The van der Waals surface area contributed by atoms with Crippen LogP contribution in [-0.2, 0) is 9.59 Å². The molecule has 108 valence electrons. The molecule has 2 rings (SSSR count). The summed E-state index contributed by atoms with van der Waals surface area (Å²) in [5.41, 5.74) is 0.555. The second-order valence-corrected chi connectivity index (χ2v) is 7.29. The van der Waals surface area contributed by atoms with Gasteiger partial charge in [-0.15, -0.1) is 0 Å². The summed E-state index contributed by atoms with van der Waals surface area (Å²) in [7, 11) is 0. The summed E-state index contributed by atoms with van der Waals surface area (Å²) < 4.78 is 0. The van der Waals surface area contributed by atoms with E-state index in [1.165, 1.54) is 0 Å². The minimum absolute atomic E-state index is 0.0438. The zero-order chi connectivity index (χ0) is 14.4. The van der Waals surface area contributed by atoms with Crippen LogP contribution in [0.1, 0.15) is 47.0 Å². The second kappa shape index (κ2) is 4.50. The molecule has 0 aliphatic heterocycles. The summed E-state index contributed by atoms with van der Waals surface area (Å²) in [6.07, 6.45) is 1.84. The van der Waals surface area contributed by atoms with Crippen molar-refractivity contribution >= 4 is 11.9 Å². The molecule has 0 spiro atoms. The fourth-order valence-electron chi connectivity index (χ4n) is 3.63. The van der Waals surface area contributed by atoms with Crippen molar-refractivity contribution < 1.29 is 14.7 Å². The summed E-state index contributed by atoms with van der Waals surface area (Å²) in [5, 5.41) is 12.0. The highest BCUT2D eigenvalue weighted by molar-refractivity contribution is 5.80. The molecule has 0 heterocycles. The highest BCUT2D eigenvalue weighted by Crippen LogP contribution is 2.67. The maximum atomic E-state index is 12.1. The van der Waals surface area contributed by atoms with Crippen LogP contribution >= 0.6 is 0 Å². The molecule has 2 fully saturated rings. The van der Waals surface area contributed by atoms with Crippen molar-refractivity contribution in [2.45, 2.75) is 47.0 Å². The molecule has 0 aromatic rings. The van der Waals surface area contributed by atoms with Crippen molar-refractivity contribution in [3.8, 4) is 0 Å². The zero-order valence-corrected chi connectivity index (χ0v) is 12.3. The first-order valence-electron chi connectivity index (χ1n) is 7.18. The van der Waals surface area contributed by atoms with Crippen molar-refractivity contribution in [2.24, 2.45) is 28.6 Å². The van der Waals surface area contributed by atoms with E-state index < -0.39 is 5.97 Å². The van der Waals surface area contributed by atoms with E-state index >= 15 is 0 Å². The monoisotopic (exact) mass is 267 g/mol. The van der Waals surface area contributed by atoms with E-state index in [0.717, 1.165) is 0 Å². The van der Waals surface area contributed by atoms with E-state index in [9.17, 15) is 9.59 Å². The number of carbonyl (C=O) groups is 2. The first kappa shape index (κ1) is 14.4. The standard InChI is InChI=1S/C15H25NO3/c1-14(2)11(15(14,3)4)8-16-12(17)9-5-6-10(7-9)13(18)19/h9-11H,5-8H2,1-4H3,(H,16,17)(H,18,19). The van der Waals surface area contributed by atoms with E-state index in [2.05, 4.69) is 33.0 Å². The molecule has 1 amide bonds. The van der Waals surface area contributed by atoms with Gasteiger partial charge in [-0.3, -0.25) is 9.59 Å². The number of nitrogens with one attached hydrogen (secondary N) is 1. The van der Waals surface area contributed by atoms with Gasteiger partial charge in [-0.1, -0.05) is 27.7 Å². The van der Waals surface area contributed by atoms with Crippen molar-refractivity contribution in [1.29, 1.82) is 0 Å². The minimum atomic E-state index is -0.764. The summed E-state index contributed by atoms with van der Waals surface area (Å²) in [6.45, 7) is 9.66. The molecule has 4 nitrogen and oxygen atoms in total. The molecule has 2 saturated carbocycles. The van der Waals surface area contributed by atoms with Crippen molar-refractivity contribution in [3.05, 3.63) is 0 Å². The van der Waals surface area contributed by atoms with Crippen LogP contribution in [0.5, 0.6) is 0 Å². The highest BCUT2D eigenvalue weighted by Gasteiger charge is 2.64. The van der Waals surface area contributed by atoms with Crippen LogP contribution in [0, 0.1) is 28.6 Å². The van der Waals surface area contributed by atoms with Crippen LogP contribution < -0.4 is 5.32 Å². The van der Waals surface area contributed by atoms with E-state index in [1.807, 2.05) is 0 Å². The molecule has 4 heteroatoms. The third-order valence-electron chi connectivity index (χ3n) is 5.95. The van der Waals surface area contributed by atoms with E-state index in [-0.39, 0.29) is 28.6 Å². The first-order valence-corrected chi connectivity index (χ1v) is 7.18. The zero-order valence-electron chi connectivity index (χ0n) is 12.3. The number of carbonyl (C=O) groups excluding carboxylic acids is 1. The van der Waals surface area contributed by atoms with Gasteiger partial charge in [0.1, 0.15) is 0 Å². The number of hydrogen-bond donors (Lipinski definition) is 2. The Hall–Kier alpha value is -1.06. The molecule has 2 aliphatic rings. The Morgan fingerprint density at radius 3 is 2.05 bits per heavy atom. The van der Waals surface area contributed by atoms with Crippen LogP contribution in [-0.4, -0.2) is 23.5 Å². The topological polar surface area (TPSA) is 66.4 Å². The predicted octanol–water partition coefficient (Wildman–Crippen LogP) is 2.29. The van der Waals surface area contributed by atoms with Gasteiger partial charge in [-0.05, 0) is 36.0 Å². The van der Waals surface area contributed by atoms with Crippen LogP contribution in [0.25, 0.3) is 0 Å². The van der Waals surface area contributed by atoms with Gasteiger partial charge in [-0.25, -0.2) is 0 Å². The SMILES string of the molecule is CC1(C)C(CNC(=O)C2CCC(C(=O)O)C2)C1(C)C. The lowest BCUT2D eigenvalue weighted by Crippen LogP contribution is -2.32. The Kier molecular flexibility index (Phi) is 3.40. The molecule has 2 unspecified atom stereocenters. The molecular formula is C15H25NO3. The molecule has 0 bridgehead atoms. The normalized spacial score (nSPS) is 32.0.